The van der Waals surface area contributed by atoms with Crippen LogP contribution in [0.4, 0.5) is 5.69 Å². The van der Waals surface area contributed by atoms with Crippen LogP contribution in [0, 0.1) is 0 Å². The molecule has 0 aromatic heterocycles. The van der Waals surface area contributed by atoms with Gasteiger partial charge in [-0.15, -0.1) is 0 Å². The molecule has 1 amide bonds. The second kappa shape index (κ2) is 7.47. The molecule has 26 heavy (non-hydrogen) atoms. The van der Waals surface area contributed by atoms with Crippen LogP contribution in [0.5, 0.6) is 11.5 Å². The van der Waals surface area contributed by atoms with Crippen molar-refractivity contribution in [3.8, 4) is 11.5 Å². The number of hydrogen-bond acceptors (Lipinski definition) is 5. The zero-order chi connectivity index (χ0) is 18.7. The number of fused-ring (bicyclic) bond motifs is 1. The Labute approximate surface area is 152 Å². The number of ether oxygens (including phenoxy) is 2. The number of hydrogen-bond donors (Lipinski definition) is 1. The summed E-state index contributed by atoms with van der Waals surface area (Å²) in [4.78, 5) is 25.9. The van der Waals surface area contributed by atoms with Crippen molar-refractivity contribution in [3.05, 3.63) is 53.6 Å². The Morgan fingerprint density at radius 2 is 2.04 bits per heavy atom. The zero-order valence-corrected chi connectivity index (χ0v) is 15.1. The van der Waals surface area contributed by atoms with Crippen LogP contribution in [0.3, 0.4) is 0 Å². The van der Waals surface area contributed by atoms with Crippen LogP contribution in [0.1, 0.15) is 22.8 Å². The molecule has 0 spiro atoms. The number of methoxy groups -OCH3 is 1. The van der Waals surface area contributed by atoms with Crippen LogP contribution in [0.25, 0.3) is 0 Å². The molecule has 0 aliphatic carbocycles. The fraction of sp³-hybridized carbons (Fsp3) is 0.300. The number of para-hydroxylation sites is 2. The lowest BCUT2D eigenvalue weighted by molar-refractivity contribution is -0.127. The number of carbonyl (C=O) groups excluding carboxylic acids is 2. The van der Waals surface area contributed by atoms with Gasteiger partial charge in [0, 0.05) is 24.7 Å². The van der Waals surface area contributed by atoms with Crippen LogP contribution >= 0.6 is 0 Å². The molecule has 6 heteroatoms. The maximum Gasteiger partial charge on any atom is 0.262 e. The molecule has 3 rings (SSSR count). The van der Waals surface area contributed by atoms with E-state index >= 15 is 0 Å². The number of likely N-dealkylation sites (N-methyl/N-ethyl adjacent to an activating group) is 1. The predicted octanol–water partition coefficient (Wildman–Crippen LogP) is 2.41. The van der Waals surface area contributed by atoms with Crippen molar-refractivity contribution in [2.75, 3.05) is 25.6 Å². The first-order chi connectivity index (χ1) is 12.5. The number of rotatable bonds is 5. The Kier molecular flexibility index (Phi) is 5.11. The van der Waals surface area contributed by atoms with Crippen molar-refractivity contribution in [1.29, 1.82) is 0 Å². The van der Waals surface area contributed by atoms with E-state index in [0.717, 1.165) is 11.3 Å². The van der Waals surface area contributed by atoms with Crippen LogP contribution in [0.15, 0.2) is 42.5 Å². The Morgan fingerprint density at radius 3 is 2.73 bits per heavy atom. The van der Waals surface area contributed by atoms with Gasteiger partial charge < -0.3 is 19.7 Å². The summed E-state index contributed by atoms with van der Waals surface area (Å²) in [6, 6.07) is 13.0. The Balaban J connectivity index is 1.96. The summed E-state index contributed by atoms with van der Waals surface area (Å²) in [6.07, 6.45) is -0.600. The van der Waals surface area contributed by atoms with Crippen LogP contribution in [-0.2, 0) is 11.3 Å². The van der Waals surface area contributed by atoms with Crippen molar-refractivity contribution in [2.24, 2.45) is 0 Å². The molecule has 0 saturated heterocycles. The van der Waals surface area contributed by atoms with E-state index in [9.17, 15) is 9.59 Å². The summed E-state index contributed by atoms with van der Waals surface area (Å²) >= 11 is 0. The van der Waals surface area contributed by atoms with Gasteiger partial charge in [0.25, 0.3) is 5.91 Å². The fourth-order valence-electron chi connectivity index (χ4n) is 3.08. The molecule has 0 radical (unpaired) electrons. The highest BCUT2D eigenvalue weighted by Crippen LogP contribution is 2.35. The highest BCUT2D eigenvalue weighted by atomic mass is 16.5. The van der Waals surface area contributed by atoms with E-state index < -0.39 is 6.10 Å². The molecule has 1 aliphatic rings. The van der Waals surface area contributed by atoms with Crippen molar-refractivity contribution < 1.29 is 19.1 Å². The van der Waals surface area contributed by atoms with Crippen molar-refractivity contribution >= 4 is 17.4 Å². The number of nitrogens with one attached hydrogen (secondary N) is 1. The third-order valence-electron chi connectivity index (χ3n) is 4.45. The minimum absolute atomic E-state index is 0.000446. The lowest BCUT2D eigenvalue weighted by Crippen LogP contribution is -2.48. The number of amides is 1. The van der Waals surface area contributed by atoms with Gasteiger partial charge in [-0.3, -0.25) is 9.59 Å². The Hall–Kier alpha value is -3.02. The molecule has 1 aliphatic heterocycles. The zero-order valence-electron chi connectivity index (χ0n) is 15.1. The molecule has 0 saturated carbocycles. The molecule has 1 N–H and O–H groups in total. The summed E-state index contributed by atoms with van der Waals surface area (Å²) in [6.45, 7) is 2.44. The van der Waals surface area contributed by atoms with E-state index in [1.807, 2.05) is 30.3 Å². The van der Waals surface area contributed by atoms with Crippen LogP contribution < -0.4 is 19.7 Å². The van der Waals surface area contributed by atoms with Crippen LogP contribution in [0.2, 0.25) is 0 Å². The summed E-state index contributed by atoms with van der Waals surface area (Å²) < 4.78 is 11.3. The van der Waals surface area contributed by atoms with E-state index in [0.29, 0.717) is 30.2 Å². The fourth-order valence-corrected chi connectivity index (χ4v) is 3.08. The maximum absolute atomic E-state index is 12.1. The van der Waals surface area contributed by atoms with Gasteiger partial charge in [-0.05, 0) is 37.3 Å². The van der Waals surface area contributed by atoms with Crippen molar-refractivity contribution in [2.45, 2.75) is 19.6 Å². The molecule has 0 unspecified atom stereocenters. The first kappa shape index (κ1) is 17.8. The smallest absolute Gasteiger partial charge is 0.262 e. The van der Waals surface area contributed by atoms with Gasteiger partial charge in [-0.1, -0.05) is 12.1 Å². The number of ketones is 1. The van der Waals surface area contributed by atoms with Crippen LogP contribution in [-0.4, -0.2) is 38.5 Å². The molecule has 2 aromatic rings. The molecule has 0 bridgehead atoms. The molecule has 1 heterocycles. The van der Waals surface area contributed by atoms with Gasteiger partial charge in [-0.25, -0.2) is 0 Å². The molecular formula is C20H22N2O4. The second-order valence-corrected chi connectivity index (χ2v) is 6.15. The average molecular weight is 354 g/mol. The number of benzene rings is 2. The van der Waals surface area contributed by atoms with E-state index in [4.69, 9.17) is 9.47 Å². The molecule has 6 nitrogen and oxygen atoms in total. The minimum atomic E-state index is -0.600. The normalized spacial score (nSPS) is 15.7. The average Bonchev–Trinajstić information content (AvgIpc) is 2.67. The first-order valence-electron chi connectivity index (χ1n) is 8.43. The van der Waals surface area contributed by atoms with Gasteiger partial charge in [0.2, 0.25) is 0 Å². The lowest BCUT2D eigenvalue weighted by Gasteiger charge is -2.35. The largest absolute Gasteiger partial charge is 0.496 e. The number of anilines is 1. The summed E-state index contributed by atoms with van der Waals surface area (Å²) in [5.41, 5.74) is 2.42. The van der Waals surface area contributed by atoms with E-state index in [1.54, 1.807) is 26.3 Å². The van der Waals surface area contributed by atoms with Gasteiger partial charge >= 0.3 is 0 Å². The molecule has 2 aromatic carbocycles. The highest BCUT2D eigenvalue weighted by molar-refractivity contribution is 5.94. The van der Waals surface area contributed by atoms with Gasteiger partial charge in [0.15, 0.2) is 11.9 Å². The lowest BCUT2D eigenvalue weighted by atomic mass is 10.1. The monoisotopic (exact) mass is 354 g/mol. The van der Waals surface area contributed by atoms with Crippen molar-refractivity contribution in [1.82, 2.24) is 5.32 Å². The number of carbonyl (C=O) groups is 2. The predicted molar refractivity (Wildman–Crippen MR) is 99.0 cm³/mol. The standard InChI is InChI=1S/C20H22N2O4/c1-13(23)14-8-9-17(25-3)15(10-14)11-22-12-19(20(24)21-2)26-18-7-5-4-6-16(18)22/h4-10,19H,11-12H2,1-3H3,(H,21,24)/t19-/m1/s1. The maximum atomic E-state index is 12.1. The number of Topliss-reactive ketones (excluding diaryl/α,β-unsaturated/α-hetero) is 1. The molecule has 0 fully saturated rings. The van der Waals surface area contributed by atoms with Gasteiger partial charge in [-0.2, -0.15) is 0 Å². The number of nitrogens with zero attached hydrogens (tertiary/aromatic N) is 1. The topological polar surface area (TPSA) is 67.9 Å². The second-order valence-electron chi connectivity index (χ2n) is 6.15. The molecular weight excluding hydrogens is 332 g/mol. The third kappa shape index (κ3) is 3.49. The summed E-state index contributed by atoms with van der Waals surface area (Å²) in [5.74, 6) is 1.19. The third-order valence-corrected chi connectivity index (χ3v) is 4.45. The highest BCUT2D eigenvalue weighted by Gasteiger charge is 2.30. The Bertz CT molecular complexity index is 834. The molecule has 1 atom stereocenters. The van der Waals surface area contributed by atoms with E-state index in [-0.39, 0.29) is 11.7 Å². The van der Waals surface area contributed by atoms with Crippen molar-refractivity contribution in [3.63, 3.8) is 0 Å². The van der Waals surface area contributed by atoms with E-state index in [1.165, 1.54) is 6.92 Å². The Morgan fingerprint density at radius 1 is 1.27 bits per heavy atom. The van der Waals surface area contributed by atoms with Gasteiger partial charge in [0.1, 0.15) is 11.5 Å². The first-order valence-corrected chi connectivity index (χ1v) is 8.43. The summed E-state index contributed by atoms with van der Waals surface area (Å²) in [7, 11) is 3.20. The minimum Gasteiger partial charge on any atom is -0.496 e. The van der Waals surface area contributed by atoms with Gasteiger partial charge in [0.05, 0.1) is 19.3 Å². The summed E-state index contributed by atoms with van der Waals surface area (Å²) in [5, 5.41) is 2.64. The molecule has 136 valence electrons. The quantitative estimate of drug-likeness (QED) is 0.835. The SMILES string of the molecule is CNC(=O)[C@H]1CN(Cc2cc(C(C)=O)ccc2OC)c2ccccc2O1. The van der Waals surface area contributed by atoms with E-state index in [2.05, 4.69) is 10.2 Å².